The van der Waals surface area contributed by atoms with Crippen LogP contribution in [0.5, 0.6) is 5.75 Å². The maximum Gasteiger partial charge on any atom is 0.129 e. The van der Waals surface area contributed by atoms with Gasteiger partial charge in [-0.25, -0.2) is 0 Å². The minimum atomic E-state index is 0.992. The molecule has 0 bridgehead atoms. The molecule has 0 amide bonds. The Morgan fingerprint density at radius 3 is 2.25 bits per heavy atom. The van der Waals surface area contributed by atoms with Gasteiger partial charge >= 0.3 is 0 Å². The van der Waals surface area contributed by atoms with Crippen molar-refractivity contribution < 1.29 is 4.74 Å². The summed E-state index contributed by atoms with van der Waals surface area (Å²) >= 11 is 0. The molecule has 0 aliphatic rings. The fraction of sp³-hybridized carbons (Fsp3) is 0.263. The van der Waals surface area contributed by atoms with Crippen LogP contribution in [0.3, 0.4) is 0 Å². The van der Waals surface area contributed by atoms with Gasteiger partial charge in [-0.2, -0.15) is 0 Å². The van der Waals surface area contributed by atoms with Gasteiger partial charge in [0.15, 0.2) is 0 Å². The van der Waals surface area contributed by atoms with Crippen molar-refractivity contribution in [2.45, 2.75) is 26.7 Å². The number of hydrogen-bond donors (Lipinski definition) is 0. The van der Waals surface area contributed by atoms with E-state index in [9.17, 15) is 0 Å². The molecule has 0 unspecified atom stereocenters. The molecule has 0 aliphatic heterocycles. The number of methoxy groups -OCH3 is 1. The molecule has 0 aromatic heterocycles. The van der Waals surface area contributed by atoms with Gasteiger partial charge in [-0.1, -0.05) is 56.3 Å². The van der Waals surface area contributed by atoms with Crippen LogP contribution in [-0.4, -0.2) is 7.11 Å². The lowest BCUT2D eigenvalue weighted by atomic mass is 9.97. The molecular weight excluding hydrogens is 244 g/mol. The fourth-order valence-electron chi connectivity index (χ4n) is 2.95. The lowest BCUT2D eigenvalue weighted by molar-refractivity contribution is 0.415. The summed E-state index contributed by atoms with van der Waals surface area (Å²) in [5, 5.41) is 5.10. The van der Waals surface area contributed by atoms with E-state index in [4.69, 9.17) is 4.74 Å². The Morgan fingerprint density at radius 2 is 1.55 bits per heavy atom. The van der Waals surface area contributed by atoms with Crippen LogP contribution < -0.4 is 4.74 Å². The lowest BCUT2D eigenvalue weighted by Crippen LogP contribution is -1.92. The van der Waals surface area contributed by atoms with Crippen molar-refractivity contribution in [2.75, 3.05) is 7.11 Å². The molecule has 0 aliphatic carbocycles. The summed E-state index contributed by atoms with van der Waals surface area (Å²) in [5.41, 5.74) is 2.65. The Kier molecular flexibility index (Phi) is 3.35. The second kappa shape index (κ2) is 5.16. The Labute approximate surface area is 120 Å². The average molecular weight is 264 g/mol. The molecule has 0 N–H and O–H groups in total. The van der Waals surface area contributed by atoms with Crippen molar-refractivity contribution in [2.24, 2.45) is 0 Å². The van der Waals surface area contributed by atoms with E-state index in [0.29, 0.717) is 0 Å². The highest BCUT2D eigenvalue weighted by Crippen LogP contribution is 2.34. The third-order valence-electron chi connectivity index (χ3n) is 4.11. The highest BCUT2D eigenvalue weighted by Gasteiger charge is 2.09. The number of benzene rings is 3. The highest BCUT2D eigenvalue weighted by molar-refractivity contribution is 6.09. The minimum Gasteiger partial charge on any atom is -0.496 e. The van der Waals surface area contributed by atoms with Crippen LogP contribution in [0.15, 0.2) is 42.5 Å². The van der Waals surface area contributed by atoms with Crippen LogP contribution in [0.4, 0.5) is 0 Å². The van der Waals surface area contributed by atoms with Crippen LogP contribution in [-0.2, 0) is 12.8 Å². The summed E-state index contributed by atoms with van der Waals surface area (Å²) in [6, 6.07) is 15.6. The number of hydrogen-bond acceptors (Lipinski definition) is 1. The zero-order valence-electron chi connectivity index (χ0n) is 12.4. The fourth-order valence-corrected chi connectivity index (χ4v) is 2.95. The van der Waals surface area contributed by atoms with Crippen LogP contribution in [0, 0.1) is 0 Å². The topological polar surface area (TPSA) is 9.23 Å². The summed E-state index contributed by atoms with van der Waals surface area (Å²) in [4.78, 5) is 0. The van der Waals surface area contributed by atoms with Gasteiger partial charge in [0.25, 0.3) is 0 Å². The van der Waals surface area contributed by atoms with E-state index in [2.05, 4.69) is 56.3 Å². The normalized spacial score (nSPS) is 11.2. The molecule has 0 atom stereocenters. The molecule has 0 radical (unpaired) electrons. The van der Waals surface area contributed by atoms with Gasteiger partial charge < -0.3 is 4.74 Å². The van der Waals surface area contributed by atoms with Crippen LogP contribution >= 0.6 is 0 Å². The zero-order chi connectivity index (χ0) is 14.1. The summed E-state index contributed by atoms with van der Waals surface area (Å²) in [7, 11) is 1.76. The molecule has 1 heteroatoms. The minimum absolute atomic E-state index is 0.992. The molecule has 0 saturated carbocycles. The van der Waals surface area contributed by atoms with Gasteiger partial charge in [0.1, 0.15) is 5.75 Å². The largest absolute Gasteiger partial charge is 0.496 e. The Hall–Kier alpha value is -2.02. The van der Waals surface area contributed by atoms with Gasteiger partial charge in [0.05, 0.1) is 7.11 Å². The third-order valence-corrected chi connectivity index (χ3v) is 4.11. The van der Waals surface area contributed by atoms with Crippen molar-refractivity contribution in [3.63, 3.8) is 0 Å². The van der Waals surface area contributed by atoms with Crippen LogP contribution in [0.1, 0.15) is 25.0 Å². The standard InChI is InChI=1S/C19H20O/c1-4-13-6-9-16-15(12-13)8-11-18-17(16)10-7-14(5-2)19(18)20-3/h6-12H,4-5H2,1-3H3. The monoisotopic (exact) mass is 264 g/mol. The highest BCUT2D eigenvalue weighted by atomic mass is 16.5. The SMILES string of the molecule is CCc1ccc2c(ccc3c(OC)c(CC)ccc32)c1. The Bertz CT molecular complexity index is 771. The molecule has 0 heterocycles. The summed E-state index contributed by atoms with van der Waals surface area (Å²) in [5.74, 6) is 1.02. The number of ether oxygens (including phenoxy) is 1. The lowest BCUT2D eigenvalue weighted by Gasteiger charge is -2.12. The predicted octanol–water partition coefficient (Wildman–Crippen LogP) is 5.13. The second-order valence-electron chi connectivity index (χ2n) is 5.18. The van der Waals surface area contributed by atoms with E-state index in [-0.39, 0.29) is 0 Å². The van der Waals surface area contributed by atoms with Gasteiger partial charge in [0.2, 0.25) is 0 Å². The van der Waals surface area contributed by atoms with E-state index in [0.717, 1.165) is 18.6 Å². The van der Waals surface area contributed by atoms with Crippen molar-refractivity contribution in [1.82, 2.24) is 0 Å². The van der Waals surface area contributed by atoms with Gasteiger partial charge in [0, 0.05) is 5.39 Å². The van der Waals surface area contributed by atoms with Gasteiger partial charge in [-0.05, 0) is 40.1 Å². The number of rotatable bonds is 3. The average Bonchev–Trinajstić information content (AvgIpc) is 2.52. The molecule has 3 rings (SSSR count). The first-order valence-electron chi connectivity index (χ1n) is 7.29. The smallest absolute Gasteiger partial charge is 0.129 e. The molecule has 0 saturated heterocycles. The van der Waals surface area contributed by atoms with E-state index in [1.165, 1.54) is 32.7 Å². The summed E-state index contributed by atoms with van der Waals surface area (Å²) in [6.07, 6.45) is 2.07. The van der Waals surface area contributed by atoms with Crippen molar-refractivity contribution in [3.8, 4) is 5.75 Å². The van der Waals surface area contributed by atoms with Crippen LogP contribution in [0.25, 0.3) is 21.5 Å². The van der Waals surface area contributed by atoms with E-state index in [1.54, 1.807) is 7.11 Å². The molecule has 3 aromatic rings. The second-order valence-corrected chi connectivity index (χ2v) is 5.18. The first-order valence-corrected chi connectivity index (χ1v) is 7.29. The third kappa shape index (κ3) is 1.94. The van der Waals surface area contributed by atoms with Crippen molar-refractivity contribution in [1.29, 1.82) is 0 Å². The molecule has 0 fully saturated rings. The van der Waals surface area contributed by atoms with Crippen molar-refractivity contribution in [3.05, 3.63) is 53.6 Å². The van der Waals surface area contributed by atoms with E-state index >= 15 is 0 Å². The first-order chi connectivity index (χ1) is 9.78. The van der Waals surface area contributed by atoms with E-state index < -0.39 is 0 Å². The first kappa shape index (κ1) is 13.0. The number of aryl methyl sites for hydroxylation is 2. The Balaban J connectivity index is 2.37. The molecule has 3 aromatic carbocycles. The van der Waals surface area contributed by atoms with Gasteiger partial charge in [-0.15, -0.1) is 0 Å². The number of fused-ring (bicyclic) bond motifs is 3. The summed E-state index contributed by atoms with van der Waals surface area (Å²) in [6.45, 7) is 4.36. The Morgan fingerprint density at radius 1 is 0.800 bits per heavy atom. The molecule has 20 heavy (non-hydrogen) atoms. The van der Waals surface area contributed by atoms with Crippen molar-refractivity contribution >= 4 is 21.5 Å². The maximum absolute atomic E-state index is 5.64. The molecular formula is C19H20O. The molecule has 1 nitrogen and oxygen atoms in total. The quantitative estimate of drug-likeness (QED) is 0.596. The molecule has 0 spiro atoms. The maximum atomic E-state index is 5.64. The zero-order valence-corrected chi connectivity index (χ0v) is 12.4. The predicted molar refractivity (Wildman–Crippen MR) is 86.8 cm³/mol. The van der Waals surface area contributed by atoms with Crippen LogP contribution in [0.2, 0.25) is 0 Å². The van der Waals surface area contributed by atoms with Gasteiger partial charge in [-0.3, -0.25) is 0 Å². The summed E-state index contributed by atoms with van der Waals surface area (Å²) < 4.78 is 5.64. The molecule has 102 valence electrons. The van der Waals surface area contributed by atoms with E-state index in [1.807, 2.05) is 0 Å².